The molecule has 2 aliphatic rings. The van der Waals surface area contributed by atoms with Gasteiger partial charge in [-0.1, -0.05) is 54.6 Å². The summed E-state index contributed by atoms with van der Waals surface area (Å²) in [4.78, 5) is 17.3. The first kappa shape index (κ1) is 24.6. The van der Waals surface area contributed by atoms with E-state index in [4.69, 9.17) is 0 Å². The van der Waals surface area contributed by atoms with Gasteiger partial charge in [0.25, 0.3) is 0 Å². The van der Waals surface area contributed by atoms with Crippen molar-refractivity contribution in [3.05, 3.63) is 77.6 Å². The summed E-state index contributed by atoms with van der Waals surface area (Å²) >= 11 is 0. The van der Waals surface area contributed by atoms with Gasteiger partial charge in [0.1, 0.15) is 5.82 Å². The summed E-state index contributed by atoms with van der Waals surface area (Å²) in [6, 6.07) is 15.7. The topological polar surface area (TPSA) is 60.9 Å². The molecule has 4 rings (SSSR count). The predicted octanol–water partition coefficient (Wildman–Crippen LogP) is 3.23. The van der Waals surface area contributed by atoms with Gasteiger partial charge in [0, 0.05) is 51.7 Å². The number of piperidine rings is 1. The van der Waals surface area contributed by atoms with Crippen molar-refractivity contribution in [3.63, 3.8) is 0 Å². The Morgan fingerprint density at radius 3 is 2.21 bits per heavy atom. The molecule has 0 radical (unpaired) electrons. The third kappa shape index (κ3) is 6.52. The molecule has 2 aromatic rings. The number of hydrogen-bond acceptors (Lipinski definition) is 4. The van der Waals surface area contributed by atoms with E-state index < -0.39 is 10.0 Å². The SMILES string of the molecule is O=C(C1CCN(S(=O)(=O)Cc2ccc(F)cc2)CC1)N1CCN(CC=Cc2ccccc2)CC1. The number of sulfonamides is 1. The van der Waals surface area contributed by atoms with Gasteiger partial charge in [-0.3, -0.25) is 9.69 Å². The third-order valence-corrected chi connectivity index (χ3v) is 8.47. The van der Waals surface area contributed by atoms with E-state index in [1.807, 2.05) is 23.1 Å². The van der Waals surface area contributed by atoms with Crippen LogP contribution < -0.4 is 0 Å². The minimum atomic E-state index is -3.49. The molecule has 0 aromatic heterocycles. The first-order valence-electron chi connectivity index (χ1n) is 11.9. The first-order valence-corrected chi connectivity index (χ1v) is 13.5. The summed E-state index contributed by atoms with van der Waals surface area (Å²) in [7, 11) is -3.49. The van der Waals surface area contributed by atoms with E-state index in [-0.39, 0.29) is 23.4 Å². The number of rotatable bonds is 7. The fourth-order valence-corrected chi connectivity index (χ4v) is 6.14. The van der Waals surface area contributed by atoms with Crippen LogP contribution in [0.1, 0.15) is 24.0 Å². The van der Waals surface area contributed by atoms with Crippen LogP contribution >= 0.6 is 0 Å². The molecule has 6 nitrogen and oxygen atoms in total. The number of carbonyl (C=O) groups is 1. The lowest BCUT2D eigenvalue weighted by molar-refractivity contribution is -0.138. The quantitative estimate of drug-likeness (QED) is 0.604. The molecular formula is C26H32FN3O3S. The minimum Gasteiger partial charge on any atom is -0.340 e. The van der Waals surface area contributed by atoms with Crippen LogP contribution in [0.5, 0.6) is 0 Å². The lowest BCUT2D eigenvalue weighted by Gasteiger charge is -2.38. The molecular weight excluding hydrogens is 453 g/mol. The molecule has 2 saturated heterocycles. The van der Waals surface area contributed by atoms with E-state index in [0.29, 0.717) is 44.6 Å². The molecule has 0 atom stereocenters. The molecule has 0 saturated carbocycles. The van der Waals surface area contributed by atoms with Gasteiger partial charge in [0.2, 0.25) is 15.9 Å². The molecule has 2 fully saturated rings. The van der Waals surface area contributed by atoms with Crippen molar-refractivity contribution in [2.75, 3.05) is 45.8 Å². The van der Waals surface area contributed by atoms with Gasteiger partial charge in [-0.05, 0) is 36.1 Å². The van der Waals surface area contributed by atoms with Crippen LogP contribution in [0.25, 0.3) is 6.08 Å². The van der Waals surface area contributed by atoms with Crippen LogP contribution in [0.15, 0.2) is 60.7 Å². The summed E-state index contributed by atoms with van der Waals surface area (Å²) < 4.78 is 40.1. The van der Waals surface area contributed by atoms with Gasteiger partial charge >= 0.3 is 0 Å². The second kappa shape index (κ2) is 11.3. The number of benzene rings is 2. The highest BCUT2D eigenvalue weighted by Gasteiger charge is 2.34. The van der Waals surface area contributed by atoms with Gasteiger partial charge < -0.3 is 4.90 Å². The van der Waals surface area contributed by atoms with Crippen LogP contribution in [0.3, 0.4) is 0 Å². The van der Waals surface area contributed by atoms with Crippen molar-refractivity contribution in [1.82, 2.24) is 14.1 Å². The number of piperazine rings is 1. The highest BCUT2D eigenvalue weighted by molar-refractivity contribution is 7.88. The number of amides is 1. The van der Waals surface area contributed by atoms with E-state index in [1.165, 1.54) is 34.1 Å². The molecule has 0 N–H and O–H groups in total. The van der Waals surface area contributed by atoms with Gasteiger partial charge in [0.05, 0.1) is 5.75 Å². The number of halogens is 1. The Kier molecular flexibility index (Phi) is 8.13. The minimum absolute atomic E-state index is 0.123. The highest BCUT2D eigenvalue weighted by Crippen LogP contribution is 2.24. The summed E-state index contributed by atoms with van der Waals surface area (Å²) in [5, 5.41) is 0. The number of nitrogens with zero attached hydrogens (tertiary/aromatic N) is 3. The maximum atomic E-state index is 13.1. The predicted molar refractivity (Wildman–Crippen MR) is 132 cm³/mol. The van der Waals surface area contributed by atoms with Crippen LogP contribution in [0.4, 0.5) is 4.39 Å². The summed E-state index contributed by atoms with van der Waals surface area (Å²) in [6.07, 6.45) is 5.37. The monoisotopic (exact) mass is 485 g/mol. The van der Waals surface area contributed by atoms with Crippen molar-refractivity contribution < 1.29 is 17.6 Å². The lowest BCUT2D eigenvalue weighted by atomic mass is 9.96. The molecule has 0 spiro atoms. The molecule has 8 heteroatoms. The molecule has 0 unspecified atom stereocenters. The Hall–Kier alpha value is -2.55. The Bertz CT molecular complexity index is 1070. The summed E-state index contributed by atoms with van der Waals surface area (Å²) in [5.41, 5.74) is 1.75. The standard InChI is InChI=1S/C26H32FN3O3S/c27-25-10-8-23(9-11-25)21-34(32,33)30-15-12-24(13-16-30)26(31)29-19-17-28(18-20-29)14-4-7-22-5-2-1-3-6-22/h1-11,24H,12-21H2. The van der Waals surface area contributed by atoms with Crippen molar-refractivity contribution in [2.45, 2.75) is 18.6 Å². The average Bonchev–Trinajstić information content (AvgIpc) is 2.86. The molecule has 0 bridgehead atoms. The van der Waals surface area contributed by atoms with Crippen molar-refractivity contribution in [1.29, 1.82) is 0 Å². The van der Waals surface area contributed by atoms with E-state index >= 15 is 0 Å². The van der Waals surface area contributed by atoms with Crippen molar-refractivity contribution in [3.8, 4) is 0 Å². The van der Waals surface area contributed by atoms with Crippen LogP contribution in [0, 0.1) is 11.7 Å². The molecule has 2 heterocycles. The average molecular weight is 486 g/mol. The lowest BCUT2D eigenvalue weighted by Crippen LogP contribution is -2.51. The zero-order chi connectivity index (χ0) is 24.0. The summed E-state index contributed by atoms with van der Waals surface area (Å²) in [5.74, 6) is -0.506. The Labute approximate surface area is 201 Å². The molecule has 182 valence electrons. The second-order valence-electron chi connectivity index (χ2n) is 8.99. The Morgan fingerprint density at radius 2 is 1.56 bits per heavy atom. The first-order chi connectivity index (χ1) is 16.4. The maximum absolute atomic E-state index is 13.1. The van der Waals surface area contributed by atoms with E-state index in [2.05, 4.69) is 29.2 Å². The highest BCUT2D eigenvalue weighted by atomic mass is 32.2. The molecule has 2 aliphatic heterocycles. The normalized spacial score (nSPS) is 19.0. The number of hydrogen-bond donors (Lipinski definition) is 0. The molecule has 1 amide bonds. The Morgan fingerprint density at radius 1 is 0.912 bits per heavy atom. The largest absolute Gasteiger partial charge is 0.340 e. The van der Waals surface area contributed by atoms with E-state index in [1.54, 1.807) is 0 Å². The van der Waals surface area contributed by atoms with Gasteiger partial charge in [-0.25, -0.2) is 17.1 Å². The van der Waals surface area contributed by atoms with E-state index in [9.17, 15) is 17.6 Å². The second-order valence-corrected chi connectivity index (χ2v) is 11.0. The van der Waals surface area contributed by atoms with Crippen LogP contribution in [0.2, 0.25) is 0 Å². The van der Waals surface area contributed by atoms with Gasteiger partial charge in [0.15, 0.2) is 0 Å². The smallest absolute Gasteiger partial charge is 0.225 e. The fourth-order valence-electron chi connectivity index (χ4n) is 4.57. The summed E-state index contributed by atoms with van der Waals surface area (Å²) in [6.45, 7) is 4.67. The number of carbonyl (C=O) groups excluding carboxylic acids is 1. The fraction of sp³-hybridized carbons (Fsp3) is 0.423. The maximum Gasteiger partial charge on any atom is 0.225 e. The zero-order valence-corrected chi connectivity index (χ0v) is 20.2. The van der Waals surface area contributed by atoms with Gasteiger partial charge in [-0.2, -0.15) is 0 Å². The van der Waals surface area contributed by atoms with E-state index in [0.717, 1.165) is 19.6 Å². The molecule has 34 heavy (non-hydrogen) atoms. The van der Waals surface area contributed by atoms with Crippen LogP contribution in [-0.4, -0.2) is 74.2 Å². The van der Waals surface area contributed by atoms with Gasteiger partial charge in [-0.15, -0.1) is 0 Å². The van der Waals surface area contributed by atoms with Crippen molar-refractivity contribution >= 4 is 22.0 Å². The third-order valence-electron chi connectivity index (χ3n) is 6.62. The zero-order valence-electron chi connectivity index (χ0n) is 19.4. The van der Waals surface area contributed by atoms with Crippen molar-refractivity contribution in [2.24, 2.45) is 5.92 Å². The molecule has 0 aliphatic carbocycles. The van der Waals surface area contributed by atoms with Crippen LogP contribution in [-0.2, 0) is 20.6 Å². The molecule has 2 aromatic carbocycles. The Balaban J connectivity index is 1.21.